The maximum absolute atomic E-state index is 13.8. The molecule has 10 N–H and O–H groups in total. The van der Waals surface area contributed by atoms with Crippen LogP contribution in [-0.2, 0) is 59.0 Å². The molecule has 8 rings (SSSR count). The van der Waals surface area contributed by atoms with E-state index in [1.165, 1.54) is 22.0 Å². The van der Waals surface area contributed by atoms with Gasteiger partial charge in [-0.05, 0) is 117 Å². The molecule has 4 aliphatic heterocycles. The summed E-state index contributed by atoms with van der Waals surface area (Å²) in [6.07, 6.45) is 11.3. The highest BCUT2D eigenvalue weighted by Crippen LogP contribution is 2.45. The first-order chi connectivity index (χ1) is 46.0. The molecule has 0 bridgehead atoms. The monoisotopic (exact) mass is 1330 g/mol. The molecule has 0 saturated carbocycles. The number of epoxide rings is 1. The Balaban J connectivity index is 0.692. The molecule has 3 aromatic rings. The Bertz CT molecular complexity index is 3240. The van der Waals surface area contributed by atoms with Crippen LogP contribution in [0.2, 0.25) is 0 Å². The van der Waals surface area contributed by atoms with Crippen LogP contribution in [0.15, 0.2) is 109 Å². The van der Waals surface area contributed by atoms with Gasteiger partial charge in [0.2, 0.25) is 29.5 Å². The van der Waals surface area contributed by atoms with E-state index in [1.54, 1.807) is 45.0 Å². The van der Waals surface area contributed by atoms with Gasteiger partial charge in [-0.3, -0.25) is 24.0 Å². The van der Waals surface area contributed by atoms with Gasteiger partial charge in [-0.15, -0.1) is 0 Å². The molecule has 4 fully saturated rings. The number of rotatable bonds is 30. The second-order valence-electron chi connectivity index (χ2n) is 26.1. The summed E-state index contributed by atoms with van der Waals surface area (Å²) in [4.78, 5) is 119. The molecule has 25 nitrogen and oxygen atoms in total. The minimum atomic E-state index is -1.06. The molecular formula is C71H96N10O15. The fraction of sp³-hybridized carbons (Fsp3) is 0.535. The van der Waals surface area contributed by atoms with E-state index in [0.717, 1.165) is 34.2 Å². The fourth-order valence-electron chi connectivity index (χ4n) is 12.6. The molecule has 5 aliphatic rings. The third-order valence-corrected chi connectivity index (χ3v) is 18.1. The SMILES string of the molecule is CC(/C=C/[C@@H]1C[C@]2(CO2)C[C@@H](CC(N)=O)O1)=C\C[C@@H]1O[C@H](C)[C@H](NC(=O)/C=C\[C@H](C)OC(=O)N2CCN(C(=O)OCc3ccc(NC(=O)[C@H](CCCNC(N)=O)NC(=O)[C@@H](NC(=O)CCCCCNC(=O)OCC4c5ccccc5-c5ccccc54)C(C)C)cc3)CC2)C[C@@H]1C. The number of hydrogen-bond donors (Lipinski definition) is 8. The summed E-state index contributed by atoms with van der Waals surface area (Å²) in [7, 11) is 0. The smallest absolute Gasteiger partial charge is 0.410 e. The minimum Gasteiger partial charge on any atom is -0.449 e. The van der Waals surface area contributed by atoms with Crippen molar-refractivity contribution in [3.63, 3.8) is 0 Å². The number of carbonyl (C=O) groups excluding carboxylic acids is 9. The Hall–Kier alpha value is -8.81. The minimum absolute atomic E-state index is 0.0406. The normalized spacial score (nSPS) is 22.5. The molecular weight excluding hydrogens is 1230 g/mol. The molecule has 3 aromatic carbocycles. The number of nitrogens with two attached hydrogens (primary N) is 2. The van der Waals surface area contributed by atoms with Crippen molar-refractivity contribution in [2.75, 3.05) is 57.8 Å². The summed E-state index contributed by atoms with van der Waals surface area (Å²) in [5.74, 6) is -2.39. The number of ether oxygens (including phenoxy) is 6. The van der Waals surface area contributed by atoms with Gasteiger partial charge in [0, 0.05) is 76.2 Å². The Kier molecular flexibility index (Phi) is 26.8. The number of fused-ring (bicyclic) bond motifs is 3. The number of benzene rings is 3. The van der Waals surface area contributed by atoms with Gasteiger partial charge in [-0.1, -0.05) is 112 Å². The van der Waals surface area contributed by atoms with Crippen LogP contribution in [0.4, 0.5) is 24.9 Å². The summed E-state index contributed by atoms with van der Waals surface area (Å²) in [6, 6.07) is 19.9. The lowest BCUT2D eigenvalue weighted by atomic mass is 9.88. The molecule has 4 saturated heterocycles. The van der Waals surface area contributed by atoms with Crippen molar-refractivity contribution in [2.24, 2.45) is 23.3 Å². The summed E-state index contributed by atoms with van der Waals surface area (Å²) in [5.41, 5.74) is 17.1. The summed E-state index contributed by atoms with van der Waals surface area (Å²) in [5, 5.41) is 16.8. The Morgan fingerprint density at radius 1 is 0.750 bits per heavy atom. The highest BCUT2D eigenvalue weighted by molar-refractivity contribution is 5.98. The van der Waals surface area contributed by atoms with Gasteiger partial charge in [0.05, 0.1) is 49.1 Å². The number of amides is 10. The number of carbonyl (C=O) groups is 9. The van der Waals surface area contributed by atoms with E-state index in [9.17, 15) is 43.2 Å². The second-order valence-corrected chi connectivity index (χ2v) is 26.1. The lowest BCUT2D eigenvalue weighted by Gasteiger charge is -2.39. The Morgan fingerprint density at radius 3 is 2.07 bits per heavy atom. The molecule has 10 amide bonds. The second kappa shape index (κ2) is 35.3. The van der Waals surface area contributed by atoms with Crippen LogP contribution >= 0.6 is 0 Å². The number of allylic oxidation sites excluding steroid dienone is 2. The maximum atomic E-state index is 13.8. The standard InChI is InChI=1S/C71H96N10O15/c1-44(2)64(79-62(83)20-8-7-13-31-75-68(88)91-42-57-55-17-11-9-15-53(55)54-16-10-12-18-56(54)57)66(86)78-58(19-14-32-74-67(73)87)65(85)76-50-26-24-49(25-27-50)41-92-69(89)80-33-35-81(36-34-80)70(90)94-47(5)23-30-63(84)77-59-37-46(4)60(95-48(59)6)29-22-45(3)21-28-51-39-71(43-93-71)40-52(96-51)38-61(72)82/h9-12,15-18,21-28,30,44,46-48,51-52,57-60,64H,7-8,13-14,19-20,29,31-43H2,1-6H3,(H2,72,82)(H,75,88)(H,76,85)(H,77,84)(H,78,86)(H,79,83)(H3,73,74,87)/b28-21+,30-23-,45-22+/t46-,47-,48+,51+,52+,58-,59+,60-,64-,71+/m0/s1. The van der Waals surface area contributed by atoms with E-state index in [2.05, 4.69) is 69.2 Å². The molecule has 1 spiro atoms. The summed E-state index contributed by atoms with van der Waals surface area (Å²) >= 11 is 0. The zero-order valence-corrected chi connectivity index (χ0v) is 56.0. The summed E-state index contributed by atoms with van der Waals surface area (Å²) in [6.45, 7) is 13.4. The van der Waals surface area contributed by atoms with Crippen molar-refractivity contribution in [2.45, 2.75) is 179 Å². The molecule has 1 aliphatic carbocycles. The van der Waals surface area contributed by atoms with Crippen molar-refractivity contribution in [1.82, 2.24) is 36.4 Å². The number of primary amides is 2. The van der Waals surface area contributed by atoms with Crippen molar-refractivity contribution in [3.05, 3.63) is 125 Å². The Labute approximate surface area is 561 Å². The number of nitrogens with zero attached hydrogens (tertiary/aromatic N) is 2. The van der Waals surface area contributed by atoms with Crippen LogP contribution in [0.25, 0.3) is 11.1 Å². The van der Waals surface area contributed by atoms with Crippen molar-refractivity contribution < 1.29 is 71.6 Å². The van der Waals surface area contributed by atoms with Gasteiger partial charge in [0.15, 0.2) is 0 Å². The van der Waals surface area contributed by atoms with Gasteiger partial charge in [0.25, 0.3) is 0 Å². The number of piperazine rings is 1. The number of unbranched alkanes of at least 4 members (excludes halogenated alkanes) is 2. The molecule has 0 radical (unpaired) electrons. The van der Waals surface area contributed by atoms with Crippen LogP contribution in [0.1, 0.15) is 135 Å². The molecule has 25 heteroatoms. The van der Waals surface area contributed by atoms with Gasteiger partial charge in [-0.2, -0.15) is 0 Å². The lowest BCUT2D eigenvalue weighted by molar-refractivity contribution is -0.132. The number of nitrogens with one attached hydrogen (secondary N) is 6. The van der Waals surface area contributed by atoms with E-state index in [4.69, 9.17) is 39.9 Å². The average Bonchev–Trinajstić information content (AvgIpc) is 1.63. The molecule has 4 heterocycles. The first kappa shape index (κ1) is 73.0. The van der Waals surface area contributed by atoms with Crippen LogP contribution in [0.3, 0.4) is 0 Å². The van der Waals surface area contributed by atoms with Crippen LogP contribution in [0.5, 0.6) is 0 Å². The van der Waals surface area contributed by atoms with Gasteiger partial charge in [0.1, 0.15) is 31.4 Å². The first-order valence-electron chi connectivity index (χ1n) is 33.6. The van der Waals surface area contributed by atoms with E-state index >= 15 is 0 Å². The molecule has 0 unspecified atom stereocenters. The zero-order valence-electron chi connectivity index (χ0n) is 56.0. The third-order valence-electron chi connectivity index (χ3n) is 18.1. The zero-order chi connectivity index (χ0) is 68.9. The number of hydrogen-bond acceptors (Lipinski definition) is 15. The van der Waals surface area contributed by atoms with Crippen LogP contribution < -0.4 is 43.4 Å². The quantitative estimate of drug-likeness (QED) is 0.0105. The predicted octanol–water partition coefficient (Wildman–Crippen LogP) is 7.52. The van der Waals surface area contributed by atoms with Crippen molar-refractivity contribution >= 4 is 59.5 Å². The van der Waals surface area contributed by atoms with Crippen LogP contribution in [0, 0.1) is 11.8 Å². The molecule has 0 aromatic heterocycles. The maximum Gasteiger partial charge on any atom is 0.410 e. The van der Waals surface area contributed by atoms with Gasteiger partial charge < -0.3 is 81.6 Å². The largest absolute Gasteiger partial charge is 0.449 e. The third kappa shape index (κ3) is 22.1. The van der Waals surface area contributed by atoms with Crippen LogP contribution in [-0.4, -0.2) is 170 Å². The number of urea groups is 1. The topological polar surface area (TPSA) is 343 Å². The highest BCUT2D eigenvalue weighted by Gasteiger charge is 2.51. The summed E-state index contributed by atoms with van der Waals surface area (Å²) < 4.78 is 35.1. The first-order valence-corrected chi connectivity index (χ1v) is 33.6. The number of alkyl carbamates (subject to hydrolysis) is 1. The van der Waals surface area contributed by atoms with Gasteiger partial charge >= 0.3 is 24.3 Å². The number of anilines is 1. The average molecular weight is 1330 g/mol. The van der Waals surface area contributed by atoms with Crippen molar-refractivity contribution in [3.8, 4) is 11.1 Å². The fourth-order valence-corrected chi connectivity index (χ4v) is 12.6. The molecule has 96 heavy (non-hydrogen) atoms. The van der Waals surface area contributed by atoms with E-state index < -0.39 is 54.3 Å². The molecule has 10 atom stereocenters. The lowest BCUT2D eigenvalue weighted by Crippen LogP contribution is -2.54. The van der Waals surface area contributed by atoms with E-state index in [0.29, 0.717) is 62.9 Å². The molecule has 520 valence electrons. The Morgan fingerprint density at radius 2 is 1.42 bits per heavy atom. The highest BCUT2D eigenvalue weighted by atomic mass is 16.6. The van der Waals surface area contributed by atoms with Crippen molar-refractivity contribution in [1.29, 1.82) is 0 Å². The van der Waals surface area contributed by atoms with Gasteiger partial charge in [-0.25, -0.2) is 19.2 Å². The van der Waals surface area contributed by atoms with E-state index in [-0.39, 0.29) is 143 Å². The van der Waals surface area contributed by atoms with E-state index in [1.807, 2.05) is 50.3 Å². The predicted molar refractivity (Wildman–Crippen MR) is 358 cm³/mol.